The maximum Gasteiger partial charge on any atom is 0.283 e. The van der Waals surface area contributed by atoms with Crippen molar-refractivity contribution in [3.63, 3.8) is 0 Å². The first-order valence-corrected chi connectivity index (χ1v) is 4.53. The number of hydrogen-bond donors (Lipinski definition) is 1. The molecule has 0 aromatic carbocycles. The zero-order chi connectivity index (χ0) is 11.1. The van der Waals surface area contributed by atoms with E-state index in [9.17, 15) is 10.3 Å². The van der Waals surface area contributed by atoms with Crippen molar-refractivity contribution in [2.24, 2.45) is 0 Å². The Bertz CT molecular complexity index is 360. The van der Waals surface area contributed by atoms with Crippen molar-refractivity contribution in [2.75, 3.05) is 14.2 Å². The van der Waals surface area contributed by atoms with Gasteiger partial charge in [0.05, 0.1) is 0 Å². The van der Waals surface area contributed by atoms with Gasteiger partial charge in [-0.1, -0.05) is 0 Å². The molecule has 0 spiro atoms. The summed E-state index contributed by atoms with van der Waals surface area (Å²) in [7, 11) is 2.76. The summed E-state index contributed by atoms with van der Waals surface area (Å²) in [6, 6.07) is 0. The number of hydrogen-bond acceptors (Lipinski definition) is 6. The van der Waals surface area contributed by atoms with Gasteiger partial charge in [0.2, 0.25) is 5.69 Å². The second kappa shape index (κ2) is 3.44. The third-order valence-corrected chi connectivity index (χ3v) is 2.73. The van der Waals surface area contributed by atoms with E-state index in [1.165, 1.54) is 14.2 Å². The molecule has 7 nitrogen and oxygen atoms in total. The molecule has 7 heteroatoms. The fourth-order valence-corrected chi connectivity index (χ4v) is 1.91. The predicted molar refractivity (Wildman–Crippen MR) is 45.5 cm³/mol. The molecule has 0 fully saturated rings. The summed E-state index contributed by atoms with van der Waals surface area (Å²) in [6.07, 6.45) is -0.124. The van der Waals surface area contributed by atoms with Gasteiger partial charge < -0.3 is 19.8 Å². The van der Waals surface area contributed by atoms with Gasteiger partial charge in [0.25, 0.3) is 11.5 Å². The Morgan fingerprint density at radius 3 is 2.87 bits per heavy atom. The quantitative estimate of drug-likeness (QED) is 0.506. The number of nitrogens with zero attached hydrogens (tertiary/aromatic N) is 2. The Hall–Kier alpha value is -1.18. The lowest BCUT2D eigenvalue weighted by molar-refractivity contribution is -0.808. The van der Waals surface area contributed by atoms with Crippen molar-refractivity contribution in [3.8, 4) is 0 Å². The fourth-order valence-electron chi connectivity index (χ4n) is 1.91. The van der Waals surface area contributed by atoms with E-state index < -0.39 is 11.9 Å². The molecule has 1 unspecified atom stereocenters. The average molecular weight is 216 g/mol. The van der Waals surface area contributed by atoms with Crippen molar-refractivity contribution in [1.29, 1.82) is 0 Å². The van der Waals surface area contributed by atoms with E-state index in [4.69, 9.17) is 9.47 Å². The van der Waals surface area contributed by atoms with Gasteiger partial charge in [-0.2, -0.15) is 0 Å². The van der Waals surface area contributed by atoms with Gasteiger partial charge in [-0.3, -0.25) is 4.63 Å². The van der Waals surface area contributed by atoms with E-state index in [1.54, 1.807) is 0 Å². The van der Waals surface area contributed by atoms with Crippen molar-refractivity contribution in [3.05, 3.63) is 16.6 Å². The first-order chi connectivity index (χ1) is 7.15. The average Bonchev–Trinajstić information content (AvgIpc) is 2.62. The molecule has 0 saturated carbocycles. The molecule has 1 N–H and O–H groups in total. The van der Waals surface area contributed by atoms with Crippen LogP contribution in [-0.4, -0.2) is 30.6 Å². The van der Waals surface area contributed by atoms with Gasteiger partial charge >= 0.3 is 0 Å². The lowest BCUT2D eigenvalue weighted by atomic mass is 9.92. The highest BCUT2D eigenvalue weighted by atomic mass is 16.8. The lowest BCUT2D eigenvalue weighted by Gasteiger charge is -2.33. The molecule has 1 aromatic rings. The van der Waals surface area contributed by atoms with Gasteiger partial charge in [-0.05, 0) is 11.3 Å². The second-order valence-electron chi connectivity index (χ2n) is 3.36. The Labute approximate surface area is 85.7 Å². The molecular weight excluding hydrogens is 204 g/mol. The number of methoxy groups -OCH3 is 2. The number of rotatable bonds is 2. The molecule has 0 amide bonds. The monoisotopic (exact) mass is 216 g/mol. The standard InChI is InChI=1S/C8H12N2O5/c1-13-8(14-2)6(11)4-3-5-7(8)9-15-10(5)12/h6,11H,3-4H2,1-2H3. The van der Waals surface area contributed by atoms with Crippen LogP contribution < -0.4 is 4.90 Å². The third-order valence-electron chi connectivity index (χ3n) is 2.73. The van der Waals surface area contributed by atoms with E-state index in [1.807, 2.05) is 0 Å². The maximum absolute atomic E-state index is 11.2. The van der Waals surface area contributed by atoms with E-state index in [0.717, 1.165) is 0 Å². The molecular formula is C8H12N2O5. The minimum atomic E-state index is -1.40. The summed E-state index contributed by atoms with van der Waals surface area (Å²) in [4.78, 5) is 0.313. The zero-order valence-electron chi connectivity index (χ0n) is 8.47. The van der Waals surface area contributed by atoms with Gasteiger partial charge in [0, 0.05) is 25.8 Å². The van der Waals surface area contributed by atoms with Crippen molar-refractivity contribution >= 4 is 0 Å². The highest BCUT2D eigenvalue weighted by molar-refractivity contribution is 5.17. The summed E-state index contributed by atoms with van der Waals surface area (Å²) < 4.78 is 14.7. The van der Waals surface area contributed by atoms with Gasteiger partial charge in [-0.15, -0.1) is 0 Å². The Kier molecular flexibility index (Phi) is 2.37. The highest BCUT2D eigenvalue weighted by Gasteiger charge is 2.52. The molecule has 2 rings (SSSR count). The van der Waals surface area contributed by atoms with Crippen LogP contribution >= 0.6 is 0 Å². The van der Waals surface area contributed by atoms with Crippen molar-refractivity contribution in [1.82, 2.24) is 5.16 Å². The topological polar surface area (TPSA) is 91.7 Å². The van der Waals surface area contributed by atoms with Gasteiger partial charge in [0.15, 0.2) is 0 Å². The molecule has 1 heterocycles. The minimum absolute atomic E-state index is 0.209. The summed E-state index contributed by atoms with van der Waals surface area (Å²) in [6.45, 7) is 0. The number of aromatic nitrogens is 2. The predicted octanol–water partition coefficient (Wildman–Crippen LogP) is -0.939. The molecule has 84 valence electrons. The number of aliphatic hydroxyl groups is 1. The van der Waals surface area contributed by atoms with E-state index in [2.05, 4.69) is 9.79 Å². The van der Waals surface area contributed by atoms with Crippen LogP contribution in [0.5, 0.6) is 0 Å². The zero-order valence-corrected chi connectivity index (χ0v) is 8.47. The Morgan fingerprint density at radius 1 is 1.60 bits per heavy atom. The summed E-state index contributed by atoms with van der Waals surface area (Å²) in [5.74, 6) is -1.40. The SMILES string of the molecule is COC1(OC)c2no[n+]([O-])c2CCC1O. The van der Waals surface area contributed by atoms with Crippen LogP contribution in [0.15, 0.2) is 4.63 Å². The smallest absolute Gasteiger partial charge is 0.283 e. The molecule has 1 aromatic heterocycles. The lowest BCUT2D eigenvalue weighted by Crippen LogP contribution is -2.48. The molecule has 0 aliphatic heterocycles. The second-order valence-corrected chi connectivity index (χ2v) is 3.36. The highest BCUT2D eigenvalue weighted by Crippen LogP contribution is 2.36. The van der Waals surface area contributed by atoms with Crippen LogP contribution in [0.2, 0.25) is 0 Å². The number of aliphatic hydroxyl groups excluding tert-OH is 1. The Balaban J connectivity index is 2.54. The molecule has 1 aliphatic rings. The van der Waals surface area contributed by atoms with Crippen LogP contribution in [0, 0.1) is 5.21 Å². The maximum atomic E-state index is 11.2. The van der Waals surface area contributed by atoms with Crippen molar-refractivity contribution < 1.29 is 24.1 Å². The summed E-state index contributed by atoms with van der Waals surface area (Å²) in [5, 5.41) is 24.6. The molecule has 1 atom stereocenters. The number of ether oxygens (including phenoxy) is 2. The fraction of sp³-hybridized carbons (Fsp3) is 0.750. The minimum Gasteiger partial charge on any atom is -0.387 e. The molecule has 0 saturated heterocycles. The molecule has 0 radical (unpaired) electrons. The summed E-state index contributed by atoms with van der Waals surface area (Å²) >= 11 is 0. The molecule has 0 bridgehead atoms. The first kappa shape index (κ1) is 10.3. The summed E-state index contributed by atoms with van der Waals surface area (Å²) in [5.41, 5.74) is 0.547. The normalized spacial score (nSPS) is 23.8. The van der Waals surface area contributed by atoms with Crippen LogP contribution in [0.1, 0.15) is 17.8 Å². The van der Waals surface area contributed by atoms with Crippen molar-refractivity contribution in [2.45, 2.75) is 24.7 Å². The Morgan fingerprint density at radius 2 is 2.27 bits per heavy atom. The van der Waals surface area contributed by atoms with Crippen LogP contribution in [-0.2, 0) is 21.7 Å². The largest absolute Gasteiger partial charge is 0.387 e. The van der Waals surface area contributed by atoms with Gasteiger partial charge in [-0.25, -0.2) is 0 Å². The number of fused-ring (bicyclic) bond motifs is 1. The third kappa shape index (κ3) is 1.24. The van der Waals surface area contributed by atoms with E-state index in [0.29, 0.717) is 23.4 Å². The van der Waals surface area contributed by atoms with Gasteiger partial charge in [0.1, 0.15) is 6.10 Å². The molecule has 1 aliphatic carbocycles. The first-order valence-electron chi connectivity index (χ1n) is 4.53. The van der Waals surface area contributed by atoms with Crippen LogP contribution in [0.4, 0.5) is 0 Å². The molecule has 15 heavy (non-hydrogen) atoms. The van der Waals surface area contributed by atoms with Crippen LogP contribution in [0.3, 0.4) is 0 Å². The van der Waals surface area contributed by atoms with E-state index >= 15 is 0 Å². The van der Waals surface area contributed by atoms with Crippen LogP contribution in [0.25, 0.3) is 0 Å². The van der Waals surface area contributed by atoms with E-state index in [-0.39, 0.29) is 5.69 Å².